The van der Waals surface area contributed by atoms with Gasteiger partial charge < -0.3 is 40.7 Å². The summed E-state index contributed by atoms with van der Waals surface area (Å²) in [6, 6.07) is 5.28. The van der Waals surface area contributed by atoms with Crippen molar-refractivity contribution in [1.82, 2.24) is 0 Å². The third-order valence-electron chi connectivity index (χ3n) is 3.80. The molecule has 6 atom stereocenters. The number of aliphatic hydroxyl groups excluding tert-OH is 4. The molecule has 9 heteroatoms. The molecule has 1 aromatic carbocycles. The second kappa shape index (κ2) is 7.88. The van der Waals surface area contributed by atoms with Crippen LogP contribution in [0.5, 0.6) is 5.75 Å². The number of carbonyl (C=O) groups is 1. The highest BCUT2D eigenvalue weighted by Crippen LogP contribution is 2.24. The van der Waals surface area contributed by atoms with Crippen LogP contribution < -0.4 is 10.5 Å². The maximum Gasteiger partial charge on any atom is 0.320 e. The molecule has 0 aromatic heterocycles. The van der Waals surface area contributed by atoms with Crippen LogP contribution in [0.4, 0.5) is 0 Å². The first-order valence-electron chi connectivity index (χ1n) is 7.38. The normalized spacial score (nSPS) is 31.5. The molecule has 0 saturated carbocycles. The Hall–Kier alpha value is -1.75. The molecule has 0 spiro atoms. The van der Waals surface area contributed by atoms with Gasteiger partial charge in [-0.3, -0.25) is 4.79 Å². The average molecular weight is 343 g/mol. The zero-order valence-corrected chi connectivity index (χ0v) is 12.7. The molecule has 9 nitrogen and oxygen atoms in total. The van der Waals surface area contributed by atoms with E-state index in [9.17, 15) is 20.1 Å². The Bertz CT molecular complexity index is 549. The predicted molar refractivity (Wildman–Crippen MR) is 80.2 cm³/mol. The number of carboxylic acids is 1. The Morgan fingerprint density at radius 1 is 1.17 bits per heavy atom. The molecule has 0 aliphatic carbocycles. The minimum absolute atomic E-state index is 0.148. The molecule has 1 saturated heterocycles. The molecule has 1 aliphatic heterocycles. The summed E-state index contributed by atoms with van der Waals surface area (Å²) in [5, 5.41) is 47.2. The lowest BCUT2D eigenvalue weighted by Gasteiger charge is -2.39. The number of hydrogen-bond acceptors (Lipinski definition) is 8. The van der Waals surface area contributed by atoms with E-state index in [0.29, 0.717) is 11.3 Å². The maximum absolute atomic E-state index is 10.7. The summed E-state index contributed by atoms with van der Waals surface area (Å²) in [5.74, 6) is -0.802. The third-order valence-corrected chi connectivity index (χ3v) is 3.80. The van der Waals surface area contributed by atoms with Crippen LogP contribution in [-0.4, -0.2) is 74.9 Å². The van der Waals surface area contributed by atoms with Crippen molar-refractivity contribution < 1.29 is 39.8 Å². The largest absolute Gasteiger partial charge is 0.480 e. The van der Waals surface area contributed by atoms with E-state index in [4.69, 9.17) is 25.4 Å². The zero-order chi connectivity index (χ0) is 17.9. The summed E-state index contributed by atoms with van der Waals surface area (Å²) in [7, 11) is 0. The van der Waals surface area contributed by atoms with Crippen LogP contribution in [-0.2, 0) is 16.0 Å². The fourth-order valence-corrected chi connectivity index (χ4v) is 2.34. The lowest BCUT2D eigenvalue weighted by molar-refractivity contribution is -0.277. The first-order valence-corrected chi connectivity index (χ1v) is 7.38. The number of rotatable bonds is 6. The van der Waals surface area contributed by atoms with E-state index in [0.717, 1.165) is 0 Å². The number of ether oxygens (including phenoxy) is 2. The summed E-state index contributed by atoms with van der Waals surface area (Å²) in [6.45, 7) is -0.545. The Morgan fingerprint density at radius 2 is 1.79 bits per heavy atom. The van der Waals surface area contributed by atoms with E-state index in [1.807, 2.05) is 0 Å². The van der Waals surface area contributed by atoms with Crippen molar-refractivity contribution in [3.8, 4) is 5.75 Å². The molecule has 1 heterocycles. The molecule has 1 unspecified atom stereocenters. The molecule has 0 amide bonds. The fraction of sp³-hybridized carbons (Fsp3) is 0.533. The zero-order valence-electron chi connectivity index (χ0n) is 12.7. The SMILES string of the molecule is N[C@H](Cc1ccc(OC2O[C@H](CO)[C@@H](O)[C@H](O)[C@H]2O)cc1)C(=O)O. The van der Waals surface area contributed by atoms with Gasteiger partial charge in [0.05, 0.1) is 6.61 Å². The van der Waals surface area contributed by atoms with E-state index in [1.165, 1.54) is 12.1 Å². The lowest BCUT2D eigenvalue weighted by atomic mass is 9.99. The maximum atomic E-state index is 10.7. The van der Waals surface area contributed by atoms with Gasteiger partial charge >= 0.3 is 5.97 Å². The molecule has 134 valence electrons. The molecule has 24 heavy (non-hydrogen) atoms. The molecule has 7 N–H and O–H groups in total. The van der Waals surface area contributed by atoms with Crippen LogP contribution in [0.1, 0.15) is 5.56 Å². The first-order chi connectivity index (χ1) is 11.3. The van der Waals surface area contributed by atoms with Crippen molar-refractivity contribution in [2.45, 2.75) is 43.2 Å². The van der Waals surface area contributed by atoms with Crippen LogP contribution in [0.2, 0.25) is 0 Å². The number of hydrogen-bond donors (Lipinski definition) is 6. The minimum Gasteiger partial charge on any atom is -0.480 e. The van der Waals surface area contributed by atoms with Crippen molar-refractivity contribution in [3.05, 3.63) is 29.8 Å². The van der Waals surface area contributed by atoms with Crippen molar-refractivity contribution in [3.63, 3.8) is 0 Å². The van der Waals surface area contributed by atoms with Crippen LogP contribution in [0.3, 0.4) is 0 Å². The molecule has 2 rings (SSSR count). The standard InChI is InChI=1S/C15H21NO8/c16-9(14(21)22)5-7-1-3-8(4-2-7)23-15-13(20)12(19)11(18)10(6-17)24-15/h1-4,9-13,15,17-20H,5-6,16H2,(H,21,22)/t9-,10-,11-,12+,13-,15?/m1/s1. The summed E-state index contributed by atoms with van der Waals surface area (Å²) in [5.41, 5.74) is 6.14. The minimum atomic E-state index is -1.52. The van der Waals surface area contributed by atoms with Gasteiger partial charge in [-0.15, -0.1) is 0 Å². The highest BCUT2D eigenvalue weighted by atomic mass is 16.7. The average Bonchev–Trinajstić information content (AvgIpc) is 2.56. The summed E-state index contributed by atoms with van der Waals surface area (Å²) in [4.78, 5) is 10.7. The van der Waals surface area contributed by atoms with Crippen molar-refractivity contribution in [2.24, 2.45) is 5.73 Å². The van der Waals surface area contributed by atoms with Crippen LogP contribution in [0, 0.1) is 0 Å². The molecule has 0 bridgehead atoms. The van der Waals surface area contributed by atoms with E-state index in [2.05, 4.69) is 0 Å². The lowest BCUT2D eigenvalue weighted by Crippen LogP contribution is -2.60. The first kappa shape index (κ1) is 18.6. The quantitative estimate of drug-likeness (QED) is 0.337. The molecular formula is C15H21NO8. The van der Waals surface area contributed by atoms with Crippen molar-refractivity contribution in [1.29, 1.82) is 0 Å². The smallest absolute Gasteiger partial charge is 0.320 e. The number of nitrogens with two attached hydrogens (primary N) is 1. The van der Waals surface area contributed by atoms with Crippen LogP contribution in [0.25, 0.3) is 0 Å². The van der Waals surface area contributed by atoms with Crippen LogP contribution in [0.15, 0.2) is 24.3 Å². The fourth-order valence-electron chi connectivity index (χ4n) is 2.34. The number of carboxylic acid groups (broad SMARTS) is 1. The molecule has 0 radical (unpaired) electrons. The molecular weight excluding hydrogens is 322 g/mol. The third kappa shape index (κ3) is 4.20. The highest BCUT2D eigenvalue weighted by Gasteiger charge is 2.44. The van der Waals surface area contributed by atoms with E-state index in [-0.39, 0.29) is 6.42 Å². The van der Waals surface area contributed by atoms with Crippen molar-refractivity contribution in [2.75, 3.05) is 6.61 Å². The van der Waals surface area contributed by atoms with Gasteiger partial charge in [0, 0.05) is 0 Å². The molecule has 1 fully saturated rings. The van der Waals surface area contributed by atoms with E-state index >= 15 is 0 Å². The van der Waals surface area contributed by atoms with Gasteiger partial charge in [-0.2, -0.15) is 0 Å². The summed E-state index contributed by atoms with van der Waals surface area (Å²) >= 11 is 0. The van der Waals surface area contributed by atoms with Gasteiger partial charge in [0.1, 0.15) is 36.2 Å². The van der Waals surface area contributed by atoms with Gasteiger partial charge in [-0.05, 0) is 24.1 Å². The Balaban J connectivity index is 2.01. The van der Waals surface area contributed by atoms with Gasteiger partial charge in [-0.1, -0.05) is 12.1 Å². The number of aliphatic carboxylic acids is 1. The van der Waals surface area contributed by atoms with Gasteiger partial charge in [0.25, 0.3) is 0 Å². The molecule has 1 aromatic rings. The highest BCUT2D eigenvalue weighted by molar-refractivity contribution is 5.73. The monoisotopic (exact) mass is 343 g/mol. The van der Waals surface area contributed by atoms with Crippen molar-refractivity contribution >= 4 is 5.97 Å². The van der Waals surface area contributed by atoms with Gasteiger partial charge in [-0.25, -0.2) is 0 Å². The van der Waals surface area contributed by atoms with Gasteiger partial charge in [0.15, 0.2) is 0 Å². The Morgan fingerprint density at radius 3 is 2.33 bits per heavy atom. The Labute approximate surface area is 137 Å². The summed E-state index contributed by atoms with van der Waals surface area (Å²) in [6.07, 6.45) is -6.65. The second-order valence-electron chi connectivity index (χ2n) is 5.61. The van der Waals surface area contributed by atoms with E-state index in [1.54, 1.807) is 12.1 Å². The second-order valence-corrected chi connectivity index (χ2v) is 5.61. The van der Waals surface area contributed by atoms with Crippen LogP contribution >= 0.6 is 0 Å². The van der Waals surface area contributed by atoms with E-state index < -0.39 is 49.3 Å². The predicted octanol–water partition coefficient (Wildman–Crippen LogP) is -2.18. The topological polar surface area (TPSA) is 163 Å². The number of benzene rings is 1. The Kier molecular flexibility index (Phi) is 6.10. The molecule has 1 aliphatic rings. The summed E-state index contributed by atoms with van der Waals surface area (Å²) < 4.78 is 10.7. The van der Waals surface area contributed by atoms with Gasteiger partial charge in [0.2, 0.25) is 6.29 Å². The number of aliphatic hydroxyl groups is 4.